The van der Waals surface area contributed by atoms with Crippen LogP contribution in [0.3, 0.4) is 0 Å². The lowest BCUT2D eigenvalue weighted by Crippen LogP contribution is -2.39. The van der Waals surface area contributed by atoms with Gasteiger partial charge in [-0.1, -0.05) is 91.0 Å². The highest BCUT2D eigenvalue weighted by Crippen LogP contribution is 2.42. The first-order valence-electron chi connectivity index (χ1n) is 13.3. The molecule has 0 amide bonds. The van der Waals surface area contributed by atoms with E-state index in [1.807, 2.05) is 91.0 Å². The quantitative estimate of drug-likeness (QED) is 0.221. The molecule has 6 rings (SSSR count). The smallest absolute Gasteiger partial charge is 0.312 e. The van der Waals surface area contributed by atoms with Crippen molar-refractivity contribution < 1.29 is 24.1 Å². The Hall–Kier alpha value is -4.22. The van der Waals surface area contributed by atoms with Gasteiger partial charge in [0.15, 0.2) is 23.2 Å². The highest BCUT2D eigenvalue weighted by atomic mass is 19.1. The van der Waals surface area contributed by atoms with E-state index in [1.54, 1.807) is 19.0 Å². The molecule has 0 bridgehead atoms. The third-order valence-corrected chi connectivity index (χ3v) is 7.42. The zero-order valence-electron chi connectivity index (χ0n) is 22.6. The second kappa shape index (κ2) is 11.0. The molecule has 3 heterocycles. The summed E-state index contributed by atoms with van der Waals surface area (Å²) in [5.41, 5.74) is 2.14. The summed E-state index contributed by atoms with van der Waals surface area (Å²) in [4.78, 5) is 13.7. The first kappa shape index (κ1) is 27.0. The van der Waals surface area contributed by atoms with Gasteiger partial charge in [-0.2, -0.15) is 14.4 Å². The summed E-state index contributed by atoms with van der Waals surface area (Å²) >= 11 is 0. The maximum Gasteiger partial charge on any atom is 0.312 e. The van der Waals surface area contributed by atoms with E-state index in [4.69, 9.17) is 9.47 Å². The van der Waals surface area contributed by atoms with E-state index < -0.39 is 36.2 Å². The molecule has 3 aromatic carbocycles. The van der Waals surface area contributed by atoms with Gasteiger partial charge in [-0.05, 0) is 16.7 Å². The lowest BCUT2D eigenvalue weighted by Gasteiger charge is -2.37. The number of rotatable bonds is 8. The number of nitrogens with zero attached hydrogens (tertiary/aromatic N) is 5. The maximum absolute atomic E-state index is 14.3. The summed E-state index contributed by atoms with van der Waals surface area (Å²) < 4.78 is 28.7. The maximum atomic E-state index is 14.3. The molecule has 210 valence electrons. The fraction of sp³-hybridized carbons (Fsp3) is 0.258. The molecular formula is C31H30FN5O4. The lowest BCUT2D eigenvalue weighted by atomic mass is 9.80. The number of aromatic nitrogens is 4. The van der Waals surface area contributed by atoms with Gasteiger partial charge in [0, 0.05) is 14.1 Å². The molecule has 0 saturated carbocycles. The number of benzene rings is 3. The van der Waals surface area contributed by atoms with Crippen molar-refractivity contribution in [2.24, 2.45) is 0 Å². The van der Waals surface area contributed by atoms with Crippen molar-refractivity contribution in [1.29, 1.82) is 0 Å². The molecule has 1 saturated heterocycles. The molecule has 2 N–H and O–H groups in total. The van der Waals surface area contributed by atoms with Crippen molar-refractivity contribution in [3.05, 3.63) is 120 Å². The predicted octanol–water partition coefficient (Wildman–Crippen LogP) is 3.66. The average molecular weight is 556 g/mol. The van der Waals surface area contributed by atoms with Crippen LogP contribution in [0.25, 0.3) is 11.2 Å². The Balaban J connectivity index is 1.36. The van der Waals surface area contributed by atoms with Gasteiger partial charge in [0.1, 0.15) is 23.9 Å². The van der Waals surface area contributed by atoms with Crippen molar-refractivity contribution >= 4 is 17.0 Å². The Labute approximate surface area is 236 Å². The fourth-order valence-corrected chi connectivity index (χ4v) is 5.45. The van der Waals surface area contributed by atoms with Gasteiger partial charge in [-0.15, -0.1) is 0 Å². The molecule has 4 atom stereocenters. The molecule has 41 heavy (non-hydrogen) atoms. The molecule has 9 nitrogen and oxygen atoms in total. The van der Waals surface area contributed by atoms with Gasteiger partial charge in [-0.25, -0.2) is 4.98 Å². The van der Waals surface area contributed by atoms with Crippen LogP contribution in [0.1, 0.15) is 22.9 Å². The number of halogens is 1. The molecule has 0 unspecified atom stereocenters. The largest absolute Gasteiger partial charge is 0.387 e. The minimum atomic E-state index is -1.35. The van der Waals surface area contributed by atoms with Crippen LogP contribution in [0.2, 0.25) is 0 Å². The third kappa shape index (κ3) is 4.74. The first-order chi connectivity index (χ1) is 19.9. The van der Waals surface area contributed by atoms with E-state index >= 15 is 0 Å². The van der Waals surface area contributed by atoms with Gasteiger partial charge in [0.05, 0.1) is 12.9 Å². The fourth-order valence-electron chi connectivity index (χ4n) is 5.45. The van der Waals surface area contributed by atoms with Crippen LogP contribution in [-0.2, 0) is 15.1 Å². The molecule has 10 heteroatoms. The van der Waals surface area contributed by atoms with Crippen LogP contribution in [0.4, 0.5) is 10.2 Å². The Bertz CT molecular complexity index is 1520. The second-order valence-corrected chi connectivity index (χ2v) is 10.2. The van der Waals surface area contributed by atoms with Gasteiger partial charge < -0.3 is 24.6 Å². The highest BCUT2D eigenvalue weighted by Gasteiger charge is 2.47. The minimum Gasteiger partial charge on any atom is -0.387 e. The van der Waals surface area contributed by atoms with E-state index in [2.05, 4.69) is 15.0 Å². The first-order valence-corrected chi connectivity index (χ1v) is 13.3. The topological polar surface area (TPSA) is 106 Å². The number of anilines is 1. The number of imidazole rings is 1. The predicted molar refractivity (Wildman–Crippen MR) is 151 cm³/mol. The Morgan fingerprint density at radius 1 is 0.854 bits per heavy atom. The summed E-state index contributed by atoms with van der Waals surface area (Å²) in [5, 5.41) is 22.2. The van der Waals surface area contributed by atoms with Crippen molar-refractivity contribution in [3.63, 3.8) is 0 Å². The Kier molecular flexibility index (Phi) is 7.22. The number of fused-ring (bicyclic) bond motifs is 1. The van der Waals surface area contributed by atoms with Crippen LogP contribution in [0.15, 0.2) is 97.3 Å². The summed E-state index contributed by atoms with van der Waals surface area (Å²) in [6.07, 6.45) is -4.17. The van der Waals surface area contributed by atoms with E-state index in [9.17, 15) is 14.6 Å². The van der Waals surface area contributed by atoms with E-state index in [0.29, 0.717) is 5.52 Å². The van der Waals surface area contributed by atoms with Crippen LogP contribution in [0, 0.1) is 6.08 Å². The minimum absolute atomic E-state index is 0.0632. The molecule has 2 aromatic heterocycles. The standard InChI is InChI=1S/C31H30FN5O4/c1-36(2)27-24-28(35-30(32)34-27)37(19-33-24)29-26(39)25(38)23(41-29)18-40-31(20-12-6-3-7-13-20,21-14-8-4-9-15-21)22-16-10-5-11-17-22/h3-17,19,23,25-26,29,38-39H,18H2,1-2H3/t23-,25-,26-,29-/m1/s1. The molecule has 1 aliphatic heterocycles. The Morgan fingerprint density at radius 2 is 1.39 bits per heavy atom. The van der Waals surface area contributed by atoms with Crippen LogP contribution in [0.5, 0.6) is 0 Å². The van der Waals surface area contributed by atoms with Gasteiger partial charge in [0.25, 0.3) is 0 Å². The molecule has 1 fully saturated rings. The number of hydrogen-bond acceptors (Lipinski definition) is 8. The summed E-state index contributed by atoms with van der Waals surface area (Å²) in [6.45, 7) is -0.0632. The van der Waals surface area contributed by atoms with Crippen LogP contribution in [-0.4, -0.2) is 68.7 Å². The average Bonchev–Trinajstić information content (AvgIpc) is 3.54. The summed E-state index contributed by atoms with van der Waals surface area (Å²) in [5.74, 6) is 0.289. The van der Waals surface area contributed by atoms with Gasteiger partial charge in [-0.3, -0.25) is 4.57 Å². The van der Waals surface area contributed by atoms with E-state index in [-0.39, 0.29) is 18.1 Å². The normalized spacial score (nSPS) is 20.9. The molecular weight excluding hydrogens is 525 g/mol. The summed E-state index contributed by atoms with van der Waals surface area (Å²) in [6, 6.07) is 29.5. The highest BCUT2D eigenvalue weighted by molar-refractivity contribution is 5.83. The van der Waals surface area contributed by atoms with Crippen LogP contribution < -0.4 is 4.90 Å². The van der Waals surface area contributed by atoms with Crippen molar-refractivity contribution in [1.82, 2.24) is 19.5 Å². The number of ether oxygens (including phenoxy) is 2. The van der Waals surface area contributed by atoms with E-state index in [1.165, 1.54) is 10.9 Å². The van der Waals surface area contributed by atoms with Crippen molar-refractivity contribution in [2.75, 3.05) is 25.6 Å². The lowest BCUT2D eigenvalue weighted by molar-refractivity contribution is -0.0942. The molecule has 1 aliphatic rings. The Morgan fingerprint density at radius 3 is 1.90 bits per heavy atom. The van der Waals surface area contributed by atoms with Crippen LogP contribution >= 0.6 is 0 Å². The zero-order valence-corrected chi connectivity index (χ0v) is 22.6. The molecule has 0 aliphatic carbocycles. The van der Waals surface area contributed by atoms with Crippen molar-refractivity contribution in [3.8, 4) is 0 Å². The van der Waals surface area contributed by atoms with Gasteiger partial charge >= 0.3 is 6.08 Å². The van der Waals surface area contributed by atoms with E-state index in [0.717, 1.165) is 16.7 Å². The summed E-state index contributed by atoms with van der Waals surface area (Å²) in [7, 11) is 3.44. The number of aliphatic hydroxyl groups is 2. The SMILES string of the molecule is CN(C)c1nc(F)nc2c1ncn2[C@@H]1O[C@H](COC(c2ccccc2)(c2ccccc2)c2ccccc2)[C@@H](O)[C@H]1O. The molecule has 0 spiro atoms. The zero-order chi connectivity index (χ0) is 28.6. The van der Waals surface area contributed by atoms with Gasteiger partial charge in [0.2, 0.25) is 0 Å². The van der Waals surface area contributed by atoms with Crippen molar-refractivity contribution in [2.45, 2.75) is 30.1 Å². The number of hydrogen-bond donors (Lipinski definition) is 2. The molecule has 0 radical (unpaired) electrons. The molecule has 5 aromatic rings. The third-order valence-electron chi connectivity index (χ3n) is 7.42. The monoisotopic (exact) mass is 555 g/mol. The second-order valence-electron chi connectivity index (χ2n) is 10.2. The number of aliphatic hydroxyl groups excluding tert-OH is 2.